The molecular weight excluding hydrogens is 282 g/mol. The highest BCUT2D eigenvalue weighted by Gasteiger charge is 2.07. The molecule has 0 bridgehead atoms. The predicted octanol–water partition coefficient (Wildman–Crippen LogP) is 2.16. The highest BCUT2D eigenvalue weighted by atomic mass is 79.9. The maximum absolute atomic E-state index is 5.64. The maximum atomic E-state index is 5.64. The minimum atomic E-state index is 0.437. The van der Waals surface area contributed by atoms with Crippen LogP contribution in [0.2, 0.25) is 0 Å². The van der Waals surface area contributed by atoms with E-state index in [-0.39, 0.29) is 0 Å². The molecule has 6 heteroatoms. The van der Waals surface area contributed by atoms with Crippen molar-refractivity contribution in [2.75, 3.05) is 5.73 Å². The molecule has 0 fully saturated rings. The van der Waals surface area contributed by atoms with Gasteiger partial charge in [0, 0.05) is 10.7 Å². The largest absolute Gasteiger partial charge is 0.384 e. The summed E-state index contributed by atoms with van der Waals surface area (Å²) in [7, 11) is 0. The van der Waals surface area contributed by atoms with Gasteiger partial charge in [-0.3, -0.25) is 4.57 Å². The van der Waals surface area contributed by atoms with Crippen molar-refractivity contribution >= 4 is 32.8 Å². The van der Waals surface area contributed by atoms with Gasteiger partial charge in [-0.1, -0.05) is 15.9 Å². The van der Waals surface area contributed by atoms with Crippen molar-refractivity contribution in [2.24, 2.45) is 0 Å². The van der Waals surface area contributed by atoms with Crippen LogP contribution >= 0.6 is 15.9 Å². The number of hydrogen-bond acceptors (Lipinski definition) is 4. The first-order valence-corrected chi connectivity index (χ1v) is 5.75. The molecule has 0 aliphatic heterocycles. The van der Waals surface area contributed by atoms with E-state index in [1.54, 1.807) is 23.2 Å². The molecule has 0 amide bonds. The second kappa shape index (κ2) is 3.81. The van der Waals surface area contributed by atoms with Crippen molar-refractivity contribution in [3.8, 4) is 5.95 Å². The first-order chi connectivity index (χ1) is 8.24. The molecular formula is C11H8BrN5. The fraction of sp³-hybridized carbons (Fsp3) is 0. The standard InChI is InChI=1S/C11H8BrN5/c12-7-1-2-8-9(5-7)17(6-15-8)11-14-4-3-10(13)16-11/h1-6H,(H2,13,14,16). The molecule has 17 heavy (non-hydrogen) atoms. The van der Waals surface area contributed by atoms with Gasteiger partial charge in [-0.2, -0.15) is 4.98 Å². The second-order valence-corrected chi connectivity index (χ2v) is 4.44. The lowest BCUT2D eigenvalue weighted by Crippen LogP contribution is -2.01. The van der Waals surface area contributed by atoms with Crippen molar-refractivity contribution in [1.82, 2.24) is 19.5 Å². The average Bonchev–Trinajstić information content (AvgIpc) is 2.71. The zero-order chi connectivity index (χ0) is 11.8. The molecule has 0 spiro atoms. The zero-order valence-electron chi connectivity index (χ0n) is 8.71. The molecule has 0 saturated heterocycles. The molecule has 2 N–H and O–H groups in total. The Kier molecular flexibility index (Phi) is 2.29. The third-order valence-electron chi connectivity index (χ3n) is 2.39. The summed E-state index contributed by atoms with van der Waals surface area (Å²) in [5.41, 5.74) is 7.47. The van der Waals surface area contributed by atoms with E-state index in [9.17, 15) is 0 Å². The molecule has 2 heterocycles. The first kappa shape index (κ1) is 10.2. The van der Waals surface area contributed by atoms with Gasteiger partial charge in [-0.15, -0.1) is 0 Å². The van der Waals surface area contributed by atoms with Crippen molar-refractivity contribution in [3.63, 3.8) is 0 Å². The number of nitrogens with two attached hydrogens (primary N) is 1. The van der Waals surface area contributed by atoms with E-state index in [1.807, 2.05) is 18.2 Å². The van der Waals surface area contributed by atoms with Crippen molar-refractivity contribution in [3.05, 3.63) is 41.3 Å². The number of nitrogen functional groups attached to an aromatic ring is 1. The summed E-state index contributed by atoms with van der Waals surface area (Å²) in [6.07, 6.45) is 3.31. The molecule has 3 aromatic rings. The summed E-state index contributed by atoms with van der Waals surface area (Å²) in [6.45, 7) is 0. The Hall–Kier alpha value is -1.95. The summed E-state index contributed by atoms with van der Waals surface area (Å²) < 4.78 is 2.78. The van der Waals surface area contributed by atoms with Gasteiger partial charge in [-0.05, 0) is 24.3 Å². The molecule has 1 aromatic carbocycles. The average molecular weight is 290 g/mol. The Morgan fingerprint density at radius 3 is 2.88 bits per heavy atom. The lowest BCUT2D eigenvalue weighted by molar-refractivity contribution is 0.953. The van der Waals surface area contributed by atoms with Crippen LogP contribution < -0.4 is 5.73 Å². The van der Waals surface area contributed by atoms with E-state index in [4.69, 9.17) is 5.73 Å². The third kappa shape index (κ3) is 1.76. The van der Waals surface area contributed by atoms with E-state index in [0.717, 1.165) is 15.5 Å². The number of fused-ring (bicyclic) bond motifs is 1. The van der Waals surface area contributed by atoms with E-state index in [0.29, 0.717) is 11.8 Å². The number of hydrogen-bond donors (Lipinski definition) is 1. The molecule has 3 rings (SSSR count). The van der Waals surface area contributed by atoms with Gasteiger partial charge in [0.2, 0.25) is 5.95 Å². The van der Waals surface area contributed by atoms with Gasteiger partial charge in [0.1, 0.15) is 12.1 Å². The van der Waals surface area contributed by atoms with Crippen LogP contribution in [-0.4, -0.2) is 19.5 Å². The lowest BCUT2D eigenvalue weighted by atomic mass is 10.3. The van der Waals surface area contributed by atoms with Gasteiger partial charge in [0.15, 0.2) is 0 Å². The summed E-state index contributed by atoms with van der Waals surface area (Å²) in [6, 6.07) is 7.50. The fourth-order valence-electron chi connectivity index (χ4n) is 1.62. The topological polar surface area (TPSA) is 69.6 Å². The molecule has 0 saturated carbocycles. The second-order valence-electron chi connectivity index (χ2n) is 3.53. The van der Waals surface area contributed by atoms with Crippen LogP contribution in [0.1, 0.15) is 0 Å². The van der Waals surface area contributed by atoms with Gasteiger partial charge >= 0.3 is 0 Å². The predicted molar refractivity (Wildman–Crippen MR) is 68.8 cm³/mol. The maximum Gasteiger partial charge on any atom is 0.237 e. The van der Waals surface area contributed by atoms with Gasteiger partial charge in [-0.25, -0.2) is 9.97 Å². The number of aromatic nitrogens is 4. The molecule has 2 aromatic heterocycles. The zero-order valence-corrected chi connectivity index (χ0v) is 10.3. The molecule has 5 nitrogen and oxygen atoms in total. The van der Waals surface area contributed by atoms with Gasteiger partial charge < -0.3 is 5.73 Å². The first-order valence-electron chi connectivity index (χ1n) is 4.95. The summed E-state index contributed by atoms with van der Waals surface area (Å²) >= 11 is 3.43. The lowest BCUT2D eigenvalue weighted by Gasteiger charge is -2.02. The Morgan fingerprint density at radius 2 is 2.06 bits per heavy atom. The van der Waals surface area contributed by atoms with E-state index >= 15 is 0 Å². The van der Waals surface area contributed by atoms with Crippen LogP contribution in [-0.2, 0) is 0 Å². The minimum Gasteiger partial charge on any atom is -0.384 e. The van der Waals surface area contributed by atoms with Crippen LogP contribution in [0.4, 0.5) is 5.82 Å². The summed E-state index contributed by atoms with van der Waals surface area (Å²) in [4.78, 5) is 12.6. The van der Waals surface area contributed by atoms with Crippen molar-refractivity contribution in [1.29, 1.82) is 0 Å². The Bertz CT molecular complexity index is 691. The Balaban J connectivity index is 2.27. The normalized spacial score (nSPS) is 10.9. The third-order valence-corrected chi connectivity index (χ3v) is 2.88. The van der Waals surface area contributed by atoms with Crippen LogP contribution in [0.3, 0.4) is 0 Å². The highest BCUT2D eigenvalue weighted by molar-refractivity contribution is 9.10. The number of nitrogens with zero attached hydrogens (tertiary/aromatic N) is 4. The van der Waals surface area contributed by atoms with Crippen LogP contribution in [0.5, 0.6) is 0 Å². The molecule has 0 atom stereocenters. The number of benzene rings is 1. The van der Waals surface area contributed by atoms with Crippen molar-refractivity contribution in [2.45, 2.75) is 0 Å². The molecule has 0 aliphatic carbocycles. The van der Waals surface area contributed by atoms with E-state index < -0.39 is 0 Å². The van der Waals surface area contributed by atoms with Crippen molar-refractivity contribution < 1.29 is 0 Å². The minimum absolute atomic E-state index is 0.437. The quantitative estimate of drug-likeness (QED) is 0.745. The van der Waals surface area contributed by atoms with Crippen LogP contribution in [0.25, 0.3) is 17.0 Å². The number of rotatable bonds is 1. The smallest absolute Gasteiger partial charge is 0.237 e. The van der Waals surface area contributed by atoms with Gasteiger partial charge in [0.05, 0.1) is 11.0 Å². The van der Waals surface area contributed by atoms with E-state index in [2.05, 4.69) is 30.9 Å². The van der Waals surface area contributed by atoms with Crippen LogP contribution in [0.15, 0.2) is 41.3 Å². The molecule has 0 radical (unpaired) electrons. The Morgan fingerprint density at radius 1 is 1.18 bits per heavy atom. The molecule has 84 valence electrons. The highest BCUT2D eigenvalue weighted by Crippen LogP contribution is 2.20. The molecule has 0 unspecified atom stereocenters. The van der Waals surface area contributed by atoms with E-state index in [1.165, 1.54) is 0 Å². The summed E-state index contributed by atoms with van der Waals surface area (Å²) in [5.74, 6) is 0.956. The Labute approximate surface area is 105 Å². The fourth-order valence-corrected chi connectivity index (χ4v) is 1.97. The van der Waals surface area contributed by atoms with Crippen LogP contribution in [0, 0.1) is 0 Å². The number of imidazole rings is 1. The number of anilines is 1. The number of halogens is 1. The molecule has 0 aliphatic rings. The SMILES string of the molecule is Nc1ccnc(-n2cnc3ccc(Br)cc32)n1. The monoisotopic (exact) mass is 289 g/mol. The van der Waals surface area contributed by atoms with Gasteiger partial charge in [0.25, 0.3) is 0 Å². The summed E-state index contributed by atoms with van der Waals surface area (Å²) in [5, 5.41) is 0.